The summed E-state index contributed by atoms with van der Waals surface area (Å²) in [5.74, 6) is 0.127. The first kappa shape index (κ1) is 12.5. The van der Waals surface area contributed by atoms with Crippen LogP contribution >= 0.6 is 22.9 Å². The third kappa shape index (κ3) is 2.67. The molecule has 1 unspecified atom stereocenters. The second kappa shape index (κ2) is 5.15. The highest BCUT2D eigenvalue weighted by molar-refractivity contribution is 7.13. The van der Waals surface area contributed by atoms with Crippen molar-refractivity contribution in [3.63, 3.8) is 0 Å². The van der Waals surface area contributed by atoms with Gasteiger partial charge in [0.05, 0.1) is 5.69 Å². The van der Waals surface area contributed by atoms with E-state index in [4.69, 9.17) is 11.6 Å². The van der Waals surface area contributed by atoms with E-state index >= 15 is 0 Å². The molecule has 0 saturated heterocycles. The van der Waals surface area contributed by atoms with Crippen molar-refractivity contribution < 1.29 is 4.39 Å². The maximum absolute atomic E-state index is 13.7. The van der Waals surface area contributed by atoms with Crippen LogP contribution in [-0.2, 0) is 0 Å². The number of aromatic nitrogens is 1. The number of hydrogen-bond donors (Lipinski definition) is 0. The fourth-order valence-corrected chi connectivity index (χ4v) is 2.64. The number of thiazole rings is 1. The first-order valence-electron chi connectivity index (χ1n) is 5.52. The van der Waals surface area contributed by atoms with Crippen molar-refractivity contribution in [3.8, 4) is 10.6 Å². The lowest BCUT2D eigenvalue weighted by Gasteiger charge is -2.03. The Kier molecular flexibility index (Phi) is 3.79. The lowest BCUT2D eigenvalue weighted by molar-refractivity contribution is 0.631. The van der Waals surface area contributed by atoms with Crippen molar-refractivity contribution in [1.29, 1.82) is 0 Å². The number of halogens is 2. The number of hydrogen-bond acceptors (Lipinski definition) is 2. The minimum Gasteiger partial charge on any atom is -0.241 e. The molecule has 4 heteroatoms. The lowest BCUT2D eigenvalue weighted by Crippen LogP contribution is -1.91. The van der Waals surface area contributed by atoms with Gasteiger partial charge in [0, 0.05) is 16.0 Å². The molecule has 0 radical (unpaired) electrons. The van der Waals surface area contributed by atoms with Crippen LogP contribution in [0.5, 0.6) is 0 Å². The van der Waals surface area contributed by atoms with Crippen LogP contribution in [0.15, 0.2) is 23.6 Å². The average Bonchev–Trinajstić information content (AvgIpc) is 2.80. The Hall–Kier alpha value is -0.930. The predicted octanol–water partition coefficient (Wildman–Crippen LogP) is 5.12. The first-order chi connectivity index (χ1) is 8.11. The van der Waals surface area contributed by atoms with Crippen LogP contribution in [-0.4, -0.2) is 4.98 Å². The van der Waals surface area contributed by atoms with E-state index in [0.29, 0.717) is 21.5 Å². The Bertz CT molecular complexity index is 524. The summed E-state index contributed by atoms with van der Waals surface area (Å²) in [5, 5.41) is 3.21. The molecule has 0 aliphatic carbocycles. The van der Waals surface area contributed by atoms with Gasteiger partial charge in [0.1, 0.15) is 10.8 Å². The topological polar surface area (TPSA) is 12.9 Å². The van der Waals surface area contributed by atoms with Gasteiger partial charge in [-0.1, -0.05) is 25.4 Å². The van der Waals surface area contributed by atoms with Crippen LogP contribution in [0.1, 0.15) is 31.9 Å². The Labute approximate surface area is 109 Å². The van der Waals surface area contributed by atoms with Crippen molar-refractivity contribution in [3.05, 3.63) is 40.1 Å². The molecular formula is C13H13ClFNS. The molecule has 0 saturated carbocycles. The average molecular weight is 270 g/mol. The highest BCUT2D eigenvalue weighted by Crippen LogP contribution is 2.31. The van der Waals surface area contributed by atoms with Gasteiger partial charge >= 0.3 is 0 Å². The van der Waals surface area contributed by atoms with Gasteiger partial charge in [-0.25, -0.2) is 9.37 Å². The number of benzene rings is 1. The largest absolute Gasteiger partial charge is 0.241 e. The number of nitrogens with zero attached hydrogens (tertiary/aromatic N) is 1. The molecule has 1 heterocycles. The molecule has 0 aliphatic heterocycles. The van der Waals surface area contributed by atoms with E-state index in [0.717, 1.165) is 12.1 Å². The zero-order valence-corrected chi connectivity index (χ0v) is 11.3. The van der Waals surface area contributed by atoms with Crippen LogP contribution < -0.4 is 0 Å². The summed E-state index contributed by atoms with van der Waals surface area (Å²) >= 11 is 7.33. The predicted molar refractivity (Wildman–Crippen MR) is 71.2 cm³/mol. The van der Waals surface area contributed by atoms with Crippen LogP contribution in [0.25, 0.3) is 10.6 Å². The fourth-order valence-electron chi connectivity index (χ4n) is 1.51. The van der Waals surface area contributed by atoms with Gasteiger partial charge in [0.15, 0.2) is 0 Å². The SMILES string of the molecule is CCC(C)c1csc(-c2cc(Cl)ccc2F)n1. The van der Waals surface area contributed by atoms with Crippen LogP contribution in [0.3, 0.4) is 0 Å². The second-order valence-corrected chi connectivity index (χ2v) is 5.31. The molecule has 2 rings (SSSR count). The van der Waals surface area contributed by atoms with Crippen molar-refractivity contribution in [2.24, 2.45) is 0 Å². The van der Waals surface area contributed by atoms with E-state index in [2.05, 4.69) is 18.8 Å². The first-order valence-corrected chi connectivity index (χ1v) is 6.78. The normalized spacial score (nSPS) is 12.7. The standard InChI is InChI=1S/C13H13ClFNS/c1-3-8(2)12-7-17-13(16-12)10-6-9(14)4-5-11(10)15/h4-8H,3H2,1-2H3. The summed E-state index contributed by atoms with van der Waals surface area (Å²) < 4.78 is 13.7. The van der Waals surface area contributed by atoms with Gasteiger partial charge < -0.3 is 0 Å². The maximum Gasteiger partial charge on any atom is 0.133 e. The molecule has 2 aromatic rings. The Morgan fingerprint density at radius 3 is 2.94 bits per heavy atom. The molecule has 17 heavy (non-hydrogen) atoms. The van der Waals surface area contributed by atoms with Gasteiger partial charge in [-0.05, 0) is 30.5 Å². The lowest BCUT2D eigenvalue weighted by atomic mass is 10.1. The smallest absolute Gasteiger partial charge is 0.133 e. The van der Waals surface area contributed by atoms with Crippen molar-refractivity contribution in [2.75, 3.05) is 0 Å². The van der Waals surface area contributed by atoms with E-state index in [9.17, 15) is 4.39 Å². The molecule has 1 aromatic carbocycles. The van der Waals surface area contributed by atoms with Gasteiger partial charge in [-0.2, -0.15) is 0 Å². The fraction of sp³-hybridized carbons (Fsp3) is 0.308. The summed E-state index contributed by atoms with van der Waals surface area (Å²) in [4.78, 5) is 4.47. The van der Waals surface area contributed by atoms with Crippen molar-refractivity contribution in [1.82, 2.24) is 4.98 Å². The molecule has 0 amide bonds. The zero-order valence-electron chi connectivity index (χ0n) is 9.71. The Morgan fingerprint density at radius 2 is 2.24 bits per heavy atom. The molecular weight excluding hydrogens is 257 g/mol. The highest BCUT2D eigenvalue weighted by Gasteiger charge is 2.12. The van der Waals surface area contributed by atoms with E-state index in [1.807, 2.05) is 5.38 Å². The molecule has 0 fully saturated rings. The van der Waals surface area contributed by atoms with E-state index in [1.165, 1.54) is 17.4 Å². The minimum atomic E-state index is -0.278. The third-order valence-electron chi connectivity index (χ3n) is 2.80. The van der Waals surface area contributed by atoms with E-state index < -0.39 is 0 Å². The maximum atomic E-state index is 13.7. The molecule has 0 N–H and O–H groups in total. The molecule has 1 atom stereocenters. The highest BCUT2D eigenvalue weighted by atomic mass is 35.5. The van der Waals surface area contributed by atoms with E-state index in [1.54, 1.807) is 12.1 Å². The second-order valence-electron chi connectivity index (χ2n) is 4.01. The Morgan fingerprint density at radius 1 is 1.47 bits per heavy atom. The van der Waals surface area contributed by atoms with Crippen LogP contribution in [0, 0.1) is 5.82 Å². The molecule has 90 valence electrons. The third-order valence-corrected chi connectivity index (χ3v) is 3.93. The summed E-state index contributed by atoms with van der Waals surface area (Å²) in [6.07, 6.45) is 1.03. The minimum absolute atomic E-state index is 0.278. The van der Waals surface area contributed by atoms with E-state index in [-0.39, 0.29) is 5.82 Å². The monoisotopic (exact) mass is 269 g/mol. The van der Waals surface area contributed by atoms with Gasteiger partial charge in [0.2, 0.25) is 0 Å². The Balaban J connectivity index is 2.40. The molecule has 0 aliphatic rings. The van der Waals surface area contributed by atoms with Gasteiger partial charge in [-0.3, -0.25) is 0 Å². The van der Waals surface area contributed by atoms with Crippen molar-refractivity contribution in [2.45, 2.75) is 26.2 Å². The van der Waals surface area contributed by atoms with Crippen LogP contribution in [0.4, 0.5) is 4.39 Å². The molecule has 0 spiro atoms. The summed E-state index contributed by atoms with van der Waals surface area (Å²) in [6, 6.07) is 4.54. The summed E-state index contributed by atoms with van der Waals surface area (Å²) in [5.41, 5.74) is 1.50. The van der Waals surface area contributed by atoms with Crippen molar-refractivity contribution >= 4 is 22.9 Å². The molecule has 1 nitrogen and oxygen atoms in total. The van der Waals surface area contributed by atoms with Crippen LogP contribution in [0.2, 0.25) is 5.02 Å². The molecule has 1 aromatic heterocycles. The molecule has 0 bridgehead atoms. The summed E-state index contributed by atoms with van der Waals surface area (Å²) in [6.45, 7) is 4.23. The quantitative estimate of drug-likeness (QED) is 0.754. The number of rotatable bonds is 3. The van der Waals surface area contributed by atoms with Gasteiger partial charge in [-0.15, -0.1) is 11.3 Å². The zero-order chi connectivity index (χ0) is 12.4. The van der Waals surface area contributed by atoms with Gasteiger partial charge in [0.25, 0.3) is 0 Å². The summed E-state index contributed by atoms with van der Waals surface area (Å²) in [7, 11) is 0.